The Morgan fingerprint density at radius 3 is 2.30 bits per heavy atom. The van der Waals surface area contributed by atoms with Crippen LogP contribution in [-0.4, -0.2) is 21.4 Å². The van der Waals surface area contributed by atoms with Crippen LogP contribution in [0.4, 0.5) is 5.69 Å². The second kappa shape index (κ2) is 9.87. The molecule has 6 nitrogen and oxygen atoms in total. The third kappa shape index (κ3) is 5.79. The van der Waals surface area contributed by atoms with Crippen molar-refractivity contribution in [1.82, 2.24) is 4.72 Å². The van der Waals surface area contributed by atoms with Crippen molar-refractivity contribution < 1.29 is 17.9 Å². The molecule has 0 saturated heterocycles. The van der Waals surface area contributed by atoms with Gasteiger partial charge in [-0.1, -0.05) is 48.5 Å². The van der Waals surface area contributed by atoms with Crippen molar-refractivity contribution in [2.45, 2.75) is 11.4 Å². The number of sulfonamides is 1. The number of anilines is 1. The molecule has 0 saturated carbocycles. The Hall–Kier alpha value is -3.42. The minimum absolute atomic E-state index is 0.126. The van der Waals surface area contributed by atoms with Crippen molar-refractivity contribution in [3.8, 4) is 5.75 Å². The van der Waals surface area contributed by atoms with Crippen molar-refractivity contribution in [3.63, 3.8) is 0 Å². The number of carbonyl (C=O) groups excluding carboxylic acids is 1. The Morgan fingerprint density at radius 1 is 0.933 bits per heavy atom. The number of para-hydroxylation sites is 1. The van der Waals surface area contributed by atoms with Crippen LogP contribution in [0.3, 0.4) is 0 Å². The highest BCUT2D eigenvalue weighted by Crippen LogP contribution is 2.19. The number of hydrogen-bond acceptors (Lipinski definition) is 4. The first-order valence-electron chi connectivity index (χ1n) is 9.24. The summed E-state index contributed by atoms with van der Waals surface area (Å²) < 4.78 is 32.7. The first-order valence-corrected chi connectivity index (χ1v) is 10.7. The number of amides is 1. The summed E-state index contributed by atoms with van der Waals surface area (Å²) in [6.07, 6.45) is 3.05. The van der Waals surface area contributed by atoms with Crippen LogP contribution in [0.2, 0.25) is 0 Å². The van der Waals surface area contributed by atoms with Crippen LogP contribution in [0.15, 0.2) is 89.8 Å². The summed E-state index contributed by atoms with van der Waals surface area (Å²) in [5, 5.41) is 2.70. The molecular formula is C23H22N2O4S. The molecule has 3 aromatic rings. The van der Waals surface area contributed by atoms with Crippen LogP contribution in [0.25, 0.3) is 6.08 Å². The number of carbonyl (C=O) groups is 1. The van der Waals surface area contributed by atoms with Gasteiger partial charge in [0.05, 0.1) is 12.0 Å². The van der Waals surface area contributed by atoms with Crippen molar-refractivity contribution in [2.24, 2.45) is 0 Å². The third-order valence-electron chi connectivity index (χ3n) is 4.29. The Kier molecular flexibility index (Phi) is 7.00. The summed E-state index contributed by atoms with van der Waals surface area (Å²) in [5.41, 5.74) is 2.14. The van der Waals surface area contributed by atoms with Crippen molar-refractivity contribution in [1.29, 1.82) is 0 Å². The Balaban J connectivity index is 1.61. The Morgan fingerprint density at radius 2 is 1.60 bits per heavy atom. The van der Waals surface area contributed by atoms with Crippen molar-refractivity contribution in [2.75, 3.05) is 12.4 Å². The fraction of sp³-hybridized carbons (Fsp3) is 0.0870. The summed E-state index contributed by atoms with van der Waals surface area (Å²) in [4.78, 5) is 12.3. The van der Waals surface area contributed by atoms with Gasteiger partial charge < -0.3 is 10.1 Å². The standard InChI is InChI=1S/C23H22N2O4S/c1-29-22-10-6-5-9-19(22)11-16-23(26)25-20-12-14-21(15-13-20)30(27,28)24-17-18-7-3-2-4-8-18/h2-16,24H,17H2,1H3,(H,25,26)/b16-11+. The SMILES string of the molecule is COc1ccccc1/C=C/C(=O)Nc1ccc(S(=O)(=O)NCc2ccccc2)cc1. The van der Waals surface area contributed by atoms with Crippen molar-refractivity contribution >= 4 is 27.7 Å². The number of rotatable bonds is 8. The van der Waals surface area contributed by atoms with E-state index in [2.05, 4.69) is 10.0 Å². The predicted octanol–water partition coefficient (Wildman–Crippen LogP) is 3.83. The van der Waals surface area contributed by atoms with Gasteiger partial charge >= 0.3 is 0 Å². The van der Waals surface area contributed by atoms with E-state index in [-0.39, 0.29) is 17.3 Å². The van der Waals surface area contributed by atoms with Gasteiger partial charge in [0.2, 0.25) is 15.9 Å². The molecule has 0 unspecified atom stereocenters. The zero-order valence-corrected chi connectivity index (χ0v) is 17.2. The summed E-state index contributed by atoms with van der Waals surface area (Å²) in [5.74, 6) is 0.331. The van der Waals surface area contributed by atoms with Crippen LogP contribution in [-0.2, 0) is 21.4 Å². The molecule has 3 aromatic carbocycles. The number of ether oxygens (including phenoxy) is 1. The lowest BCUT2D eigenvalue weighted by Gasteiger charge is -2.08. The molecule has 0 bridgehead atoms. The van der Waals surface area contributed by atoms with Gasteiger partial charge in [0, 0.05) is 23.9 Å². The Labute approximate surface area is 176 Å². The fourth-order valence-corrected chi connectivity index (χ4v) is 3.75. The average Bonchev–Trinajstić information content (AvgIpc) is 2.77. The minimum atomic E-state index is -3.65. The van der Waals surface area contributed by atoms with Gasteiger partial charge in [-0.25, -0.2) is 13.1 Å². The molecule has 7 heteroatoms. The molecule has 0 aliphatic carbocycles. The van der Waals surface area contributed by atoms with E-state index in [1.54, 1.807) is 25.3 Å². The highest BCUT2D eigenvalue weighted by Gasteiger charge is 2.13. The second-order valence-electron chi connectivity index (χ2n) is 6.40. The molecule has 0 aromatic heterocycles. The molecule has 0 spiro atoms. The van der Waals surface area contributed by atoms with Gasteiger partial charge in [-0.3, -0.25) is 4.79 Å². The molecule has 0 fully saturated rings. The highest BCUT2D eigenvalue weighted by molar-refractivity contribution is 7.89. The van der Waals surface area contributed by atoms with E-state index in [4.69, 9.17) is 4.74 Å². The number of methoxy groups -OCH3 is 1. The van der Waals surface area contributed by atoms with Crippen LogP contribution >= 0.6 is 0 Å². The molecule has 2 N–H and O–H groups in total. The Bertz CT molecular complexity index is 1130. The summed E-state index contributed by atoms with van der Waals surface area (Å²) in [7, 11) is -2.08. The zero-order valence-electron chi connectivity index (χ0n) is 16.4. The van der Waals surface area contributed by atoms with E-state index >= 15 is 0 Å². The van der Waals surface area contributed by atoms with Gasteiger partial charge in [-0.2, -0.15) is 0 Å². The van der Waals surface area contributed by atoms with Crippen LogP contribution in [0.1, 0.15) is 11.1 Å². The maximum atomic E-state index is 12.4. The molecule has 0 aliphatic heterocycles. The normalized spacial score (nSPS) is 11.4. The largest absolute Gasteiger partial charge is 0.496 e. The topological polar surface area (TPSA) is 84.5 Å². The molecule has 30 heavy (non-hydrogen) atoms. The molecule has 154 valence electrons. The summed E-state index contributed by atoms with van der Waals surface area (Å²) in [6, 6.07) is 22.6. The smallest absolute Gasteiger partial charge is 0.248 e. The summed E-state index contributed by atoms with van der Waals surface area (Å²) in [6.45, 7) is 0.204. The zero-order chi connectivity index (χ0) is 21.4. The first kappa shape index (κ1) is 21.3. The molecule has 0 aliphatic rings. The lowest BCUT2D eigenvalue weighted by molar-refractivity contribution is -0.111. The van der Waals surface area contributed by atoms with Gasteiger partial charge in [0.15, 0.2) is 0 Å². The predicted molar refractivity (Wildman–Crippen MR) is 118 cm³/mol. The molecule has 3 rings (SSSR count). The van der Waals surface area contributed by atoms with E-state index in [1.165, 1.54) is 18.2 Å². The molecule has 0 radical (unpaired) electrons. The lowest BCUT2D eigenvalue weighted by atomic mass is 10.2. The number of nitrogens with one attached hydrogen (secondary N) is 2. The fourth-order valence-electron chi connectivity index (χ4n) is 2.73. The van der Waals surface area contributed by atoms with Gasteiger partial charge in [0.25, 0.3) is 0 Å². The number of hydrogen-bond donors (Lipinski definition) is 2. The van der Waals surface area contributed by atoms with Crippen LogP contribution in [0.5, 0.6) is 5.75 Å². The molecular weight excluding hydrogens is 400 g/mol. The van der Waals surface area contributed by atoms with E-state index < -0.39 is 10.0 Å². The quantitative estimate of drug-likeness (QED) is 0.541. The monoisotopic (exact) mass is 422 g/mol. The average molecular weight is 423 g/mol. The highest BCUT2D eigenvalue weighted by atomic mass is 32.2. The first-order chi connectivity index (χ1) is 14.5. The van der Waals surface area contributed by atoms with Crippen LogP contribution in [0, 0.1) is 0 Å². The van der Waals surface area contributed by atoms with E-state index in [0.29, 0.717) is 11.4 Å². The second-order valence-corrected chi connectivity index (χ2v) is 8.17. The maximum Gasteiger partial charge on any atom is 0.248 e. The molecule has 1 amide bonds. The summed E-state index contributed by atoms with van der Waals surface area (Å²) >= 11 is 0. The van der Waals surface area contributed by atoms with Gasteiger partial charge in [-0.05, 0) is 42.0 Å². The number of benzene rings is 3. The maximum absolute atomic E-state index is 12.4. The molecule has 0 heterocycles. The van der Waals surface area contributed by atoms with E-state index in [1.807, 2.05) is 54.6 Å². The van der Waals surface area contributed by atoms with Gasteiger partial charge in [-0.15, -0.1) is 0 Å². The van der Waals surface area contributed by atoms with Crippen LogP contribution < -0.4 is 14.8 Å². The molecule has 0 atom stereocenters. The van der Waals surface area contributed by atoms with E-state index in [0.717, 1.165) is 11.1 Å². The third-order valence-corrected chi connectivity index (χ3v) is 5.71. The lowest BCUT2D eigenvalue weighted by Crippen LogP contribution is -2.23. The van der Waals surface area contributed by atoms with E-state index in [9.17, 15) is 13.2 Å². The van der Waals surface area contributed by atoms with Gasteiger partial charge in [0.1, 0.15) is 5.75 Å². The van der Waals surface area contributed by atoms with Crippen molar-refractivity contribution in [3.05, 3.63) is 96.1 Å². The minimum Gasteiger partial charge on any atom is -0.496 e.